The van der Waals surface area contributed by atoms with Crippen molar-refractivity contribution >= 4 is 34.4 Å². The molecule has 0 saturated carbocycles. The topological polar surface area (TPSA) is 70.6 Å². The van der Waals surface area contributed by atoms with E-state index in [0.717, 1.165) is 29.7 Å². The minimum Gasteiger partial charge on any atom is -0.326 e. The van der Waals surface area contributed by atoms with E-state index >= 15 is 0 Å². The van der Waals surface area contributed by atoms with Crippen LogP contribution in [0.1, 0.15) is 37.3 Å². The lowest BCUT2D eigenvalue weighted by Gasteiger charge is -2.10. The van der Waals surface area contributed by atoms with Gasteiger partial charge in [0.1, 0.15) is 5.25 Å². The summed E-state index contributed by atoms with van der Waals surface area (Å²) in [6, 6.07) is 5.87. The summed E-state index contributed by atoms with van der Waals surface area (Å²) in [5.74, 6) is -0.291. The van der Waals surface area contributed by atoms with E-state index in [9.17, 15) is 9.59 Å². The molecule has 1 unspecified atom stereocenters. The number of nitrogens with one attached hydrogen (secondary N) is 2. The minimum atomic E-state index is -0.402. The van der Waals surface area contributed by atoms with Crippen LogP contribution >= 0.6 is 11.8 Å². The molecule has 1 aromatic carbocycles. The fourth-order valence-corrected chi connectivity index (χ4v) is 3.27. The standard InChI is InChI=1S/C17H23N3O2S/c1-4-5-8-18-17-20-16(22)14(23-17)10-15(21)19-13-7-6-11(2)9-12(13)3/h6-7,9,14H,4-5,8,10H2,1-3H3,(H,19,21)(H,18,20,22). The molecule has 124 valence electrons. The van der Waals surface area contributed by atoms with Crippen molar-refractivity contribution in [3.8, 4) is 0 Å². The van der Waals surface area contributed by atoms with Crippen LogP contribution in [0.15, 0.2) is 23.2 Å². The average Bonchev–Trinajstić information content (AvgIpc) is 2.82. The molecule has 0 bridgehead atoms. The first kappa shape index (κ1) is 17.5. The Morgan fingerprint density at radius 1 is 1.39 bits per heavy atom. The molecule has 0 spiro atoms. The molecule has 1 aromatic rings. The second-order valence-electron chi connectivity index (χ2n) is 5.71. The average molecular weight is 333 g/mol. The maximum Gasteiger partial charge on any atom is 0.240 e. The van der Waals surface area contributed by atoms with Gasteiger partial charge < -0.3 is 10.6 Å². The van der Waals surface area contributed by atoms with Crippen molar-refractivity contribution in [1.29, 1.82) is 0 Å². The van der Waals surface area contributed by atoms with E-state index in [1.807, 2.05) is 32.0 Å². The highest BCUT2D eigenvalue weighted by molar-refractivity contribution is 8.15. The zero-order valence-electron chi connectivity index (χ0n) is 13.8. The third-order valence-corrected chi connectivity index (χ3v) is 4.69. The van der Waals surface area contributed by atoms with Crippen LogP contribution in [0.3, 0.4) is 0 Å². The van der Waals surface area contributed by atoms with Gasteiger partial charge in [-0.1, -0.05) is 42.8 Å². The van der Waals surface area contributed by atoms with Gasteiger partial charge in [-0.3, -0.25) is 14.6 Å². The molecule has 1 saturated heterocycles. The van der Waals surface area contributed by atoms with Gasteiger partial charge in [0.2, 0.25) is 11.8 Å². The van der Waals surface area contributed by atoms with Crippen LogP contribution in [-0.4, -0.2) is 28.8 Å². The molecule has 2 amide bonds. The number of anilines is 1. The largest absolute Gasteiger partial charge is 0.326 e. The molecule has 1 atom stereocenters. The number of thioether (sulfide) groups is 1. The van der Waals surface area contributed by atoms with Gasteiger partial charge in [-0.25, -0.2) is 0 Å². The summed E-state index contributed by atoms with van der Waals surface area (Å²) in [7, 11) is 0. The number of benzene rings is 1. The predicted molar refractivity (Wildman–Crippen MR) is 95.9 cm³/mol. The smallest absolute Gasteiger partial charge is 0.240 e. The van der Waals surface area contributed by atoms with E-state index in [1.54, 1.807) is 0 Å². The Morgan fingerprint density at radius 2 is 2.17 bits per heavy atom. The maximum absolute atomic E-state index is 12.2. The number of rotatable bonds is 6. The molecular weight excluding hydrogens is 310 g/mol. The van der Waals surface area contributed by atoms with Crippen LogP contribution in [0.5, 0.6) is 0 Å². The van der Waals surface area contributed by atoms with Gasteiger partial charge in [0.25, 0.3) is 0 Å². The molecule has 1 aliphatic heterocycles. The van der Waals surface area contributed by atoms with Crippen molar-refractivity contribution in [3.05, 3.63) is 29.3 Å². The lowest BCUT2D eigenvalue weighted by atomic mass is 10.1. The molecular formula is C17H23N3O2S. The number of nitrogens with zero attached hydrogens (tertiary/aromatic N) is 1. The summed E-state index contributed by atoms with van der Waals surface area (Å²) in [6.45, 7) is 6.77. The van der Waals surface area contributed by atoms with Gasteiger partial charge in [0, 0.05) is 18.7 Å². The van der Waals surface area contributed by atoms with Gasteiger partial charge in [0.05, 0.1) is 0 Å². The zero-order chi connectivity index (χ0) is 16.8. The minimum absolute atomic E-state index is 0.138. The number of hydrogen-bond acceptors (Lipinski definition) is 4. The highest BCUT2D eigenvalue weighted by Gasteiger charge is 2.31. The molecule has 5 nitrogen and oxygen atoms in total. The fraction of sp³-hybridized carbons (Fsp3) is 0.471. The van der Waals surface area contributed by atoms with Gasteiger partial charge >= 0.3 is 0 Å². The van der Waals surface area contributed by atoms with Gasteiger partial charge in [-0.05, 0) is 31.9 Å². The number of carbonyl (C=O) groups is 2. The van der Waals surface area contributed by atoms with Crippen LogP contribution in [0.2, 0.25) is 0 Å². The summed E-state index contributed by atoms with van der Waals surface area (Å²) >= 11 is 1.34. The first-order valence-corrected chi connectivity index (χ1v) is 8.76. The highest BCUT2D eigenvalue weighted by atomic mass is 32.2. The van der Waals surface area contributed by atoms with Gasteiger partial charge in [-0.15, -0.1) is 0 Å². The first-order chi connectivity index (χ1) is 11.0. The summed E-state index contributed by atoms with van der Waals surface area (Å²) in [4.78, 5) is 28.4. The Labute approximate surface area is 141 Å². The summed E-state index contributed by atoms with van der Waals surface area (Å²) in [6.07, 6.45) is 2.21. The molecule has 0 aromatic heterocycles. The second-order valence-corrected chi connectivity index (χ2v) is 6.90. The molecule has 0 aliphatic carbocycles. The Kier molecular flexibility index (Phi) is 6.21. The van der Waals surface area contributed by atoms with Crippen LogP contribution in [0.25, 0.3) is 0 Å². The van der Waals surface area contributed by atoms with E-state index in [0.29, 0.717) is 11.7 Å². The molecule has 23 heavy (non-hydrogen) atoms. The number of hydrogen-bond donors (Lipinski definition) is 2. The monoisotopic (exact) mass is 333 g/mol. The summed E-state index contributed by atoms with van der Waals surface area (Å²) in [5, 5.41) is 5.86. The molecule has 2 N–H and O–H groups in total. The predicted octanol–water partition coefficient (Wildman–Crippen LogP) is 3.02. The molecule has 1 heterocycles. The molecule has 6 heteroatoms. The van der Waals surface area contributed by atoms with E-state index in [4.69, 9.17) is 0 Å². The van der Waals surface area contributed by atoms with Crippen LogP contribution in [0.4, 0.5) is 5.69 Å². The van der Waals surface area contributed by atoms with Crippen molar-refractivity contribution in [2.75, 3.05) is 11.9 Å². The number of carbonyl (C=O) groups excluding carboxylic acids is 2. The molecule has 2 rings (SSSR count). The normalized spacial score (nSPS) is 19.0. The lowest BCUT2D eigenvalue weighted by molar-refractivity contribution is -0.122. The van der Waals surface area contributed by atoms with Crippen LogP contribution in [-0.2, 0) is 9.59 Å². The molecule has 1 aliphatic rings. The van der Waals surface area contributed by atoms with E-state index < -0.39 is 5.25 Å². The third-order valence-electron chi connectivity index (χ3n) is 3.57. The number of unbranched alkanes of at least 4 members (excludes halogenated alkanes) is 1. The fourth-order valence-electron chi connectivity index (χ4n) is 2.28. The van der Waals surface area contributed by atoms with E-state index in [1.165, 1.54) is 11.8 Å². The van der Waals surface area contributed by atoms with Crippen molar-refractivity contribution in [3.63, 3.8) is 0 Å². The first-order valence-electron chi connectivity index (χ1n) is 7.88. The van der Waals surface area contributed by atoms with Crippen molar-refractivity contribution in [2.24, 2.45) is 4.99 Å². The van der Waals surface area contributed by atoms with E-state index in [2.05, 4.69) is 22.5 Å². The number of aryl methyl sites for hydroxylation is 2. The van der Waals surface area contributed by atoms with Gasteiger partial charge in [0.15, 0.2) is 5.17 Å². The summed E-state index contributed by atoms with van der Waals surface area (Å²) < 4.78 is 0. The quantitative estimate of drug-likeness (QED) is 0.786. The van der Waals surface area contributed by atoms with Crippen LogP contribution < -0.4 is 10.6 Å². The SMILES string of the molecule is CCCCN=C1NC(=O)C(CC(=O)Nc2ccc(C)cc2C)S1. The summed E-state index contributed by atoms with van der Waals surface area (Å²) in [5.41, 5.74) is 2.96. The van der Waals surface area contributed by atoms with Crippen molar-refractivity contribution < 1.29 is 9.59 Å². The highest BCUT2D eigenvalue weighted by Crippen LogP contribution is 2.24. The lowest BCUT2D eigenvalue weighted by Crippen LogP contribution is -2.28. The Balaban J connectivity index is 1.90. The van der Waals surface area contributed by atoms with Crippen LogP contribution in [0, 0.1) is 13.8 Å². The Morgan fingerprint density at radius 3 is 2.87 bits per heavy atom. The zero-order valence-corrected chi connectivity index (χ0v) is 14.6. The third kappa shape index (κ3) is 5.10. The molecule has 0 radical (unpaired) electrons. The number of amides is 2. The molecule has 1 fully saturated rings. The number of aliphatic imine (C=N–C) groups is 1. The number of amidine groups is 1. The van der Waals surface area contributed by atoms with E-state index in [-0.39, 0.29) is 18.2 Å². The van der Waals surface area contributed by atoms with Gasteiger partial charge in [-0.2, -0.15) is 0 Å². The second kappa shape index (κ2) is 8.15. The maximum atomic E-state index is 12.2. The van der Waals surface area contributed by atoms with Crippen molar-refractivity contribution in [2.45, 2.75) is 45.3 Å². The Bertz CT molecular complexity index is 628. The Hall–Kier alpha value is -1.82. The van der Waals surface area contributed by atoms with Crippen molar-refractivity contribution in [1.82, 2.24) is 5.32 Å².